The van der Waals surface area contributed by atoms with E-state index in [0.29, 0.717) is 47.6 Å². The molecule has 0 fully saturated rings. The van der Waals surface area contributed by atoms with Crippen LogP contribution in [0.5, 0.6) is 5.75 Å². The Bertz CT molecular complexity index is 1170. The number of ketones is 1. The molecule has 1 atom stereocenters. The van der Waals surface area contributed by atoms with Crippen LogP contribution in [0.3, 0.4) is 0 Å². The van der Waals surface area contributed by atoms with Gasteiger partial charge in [0.1, 0.15) is 28.3 Å². The Kier molecular flexibility index (Phi) is 4.95. The van der Waals surface area contributed by atoms with Crippen molar-refractivity contribution < 1.29 is 14.3 Å². The lowest BCUT2D eigenvalue weighted by Crippen LogP contribution is -2.33. The number of hydrogen-bond donors (Lipinski definition) is 1. The zero-order valence-corrected chi connectivity index (χ0v) is 17.8. The minimum Gasteiger partial charge on any atom is -0.494 e. The number of halogens is 1. The summed E-state index contributed by atoms with van der Waals surface area (Å²) in [4.78, 5) is 17.6. The number of nitrogens with zero attached hydrogens (tertiary/aromatic N) is 2. The number of fused-ring (bicyclic) bond motifs is 1. The number of ether oxygens (including phenoxy) is 2. The minimum atomic E-state index is -0.706. The SMILES string of the molecule is CCOc1ccc2nc(Cl)c([C@@H]3C(C#N)=C(N)OC4=C3C(=O)CC(C)(C)C4)cc2c1. The Morgan fingerprint density at radius 3 is 2.83 bits per heavy atom. The number of pyridine rings is 1. The van der Waals surface area contributed by atoms with Crippen LogP contribution in [0.2, 0.25) is 5.15 Å². The van der Waals surface area contributed by atoms with E-state index in [9.17, 15) is 10.1 Å². The first-order valence-corrected chi connectivity index (χ1v) is 10.2. The number of rotatable bonds is 3. The average molecular weight is 424 g/mol. The predicted octanol–water partition coefficient (Wildman–Crippen LogP) is 4.74. The van der Waals surface area contributed by atoms with Crippen molar-refractivity contribution in [2.45, 2.75) is 39.5 Å². The second-order valence-corrected chi connectivity index (χ2v) is 8.72. The van der Waals surface area contributed by atoms with E-state index in [1.807, 2.05) is 45.0 Å². The third-order valence-electron chi connectivity index (χ3n) is 5.46. The Balaban J connectivity index is 1.93. The lowest BCUT2D eigenvalue weighted by atomic mass is 9.70. The van der Waals surface area contributed by atoms with Gasteiger partial charge in [-0.25, -0.2) is 4.98 Å². The first-order chi connectivity index (χ1) is 14.2. The van der Waals surface area contributed by atoms with Crippen LogP contribution < -0.4 is 10.5 Å². The van der Waals surface area contributed by atoms with Crippen LogP contribution in [-0.4, -0.2) is 17.4 Å². The highest BCUT2D eigenvalue weighted by molar-refractivity contribution is 6.31. The van der Waals surface area contributed by atoms with Crippen molar-refractivity contribution in [2.24, 2.45) is 11.1 Å². The lowest BCUT2D eigenvalue weighted by Gasteiger charge is -2.37. The molecule has 154 valence electrons. The van der Waals surface area contributed by atoms with Crippen LogP contribution in [0.25, 0.3) is 10.9 Å². The van der Waals surface area contributed by atoms with Crippen LogP contribution in [0, 0.1) is 16.7 Å². The van der Waals surface area contributed by atoms with E-state index in [1.165, 1.54) is 0 Å². The summed E-state index contributed by atoms with van der Waals surface area (Å²) in [6.07, 6.45) is 0.911. The van der Waals surface area contributed by atoms with Gasteiger partial charge in [0.15, 0.2) is 5.78 Å². The van der Waals surface area contributed by atoms with E-state index in [-0.39, 0.29) is 27.8 Å². The third kappa shape index (κ3) is 3.40. The molecule has 2 heterocycles. The largest absolute Gasteiger partial charge is 0.494 e. The van der Waals surface area contributed by atoms with Gasteiger partial charge >= 0.3 is 0 Å². The molecular weight excluding hydrogens is 402 g/mol. The average Bonchev–Trinajstić information content (AvgIpc) is 2.66. The maximum Gasteiger partial charge on any atom is 0.205 e. The van der Waals surface area contributed by atoms with Gasteiger partial charge in [-0.3, -0.25) is 4.79 Å². The monoisotopic (exact) mass is 423 g/mol. The van der Waals surface area contributed by atoms with Gasteiger partial charge in [0.2, 0.25) is 5.88 Å². The van der Waals surface area contributed by atoms with Crippen molar-refractivity contribution in [2.75, 3.05) is 6.61 Å². The molecule has 2 aliphatic rings. The predicted molar refractivity (Wildman–Crippen MR) is 114 cm³/mol. The molecule has 6 nitrogen and oxygen atoms in total. The molecule has 0 unspecified atom stereocenters. The Hall–Kier alpha value is -3.04. The van der Waals surface area contributed by atoms with E-state index >= 15 is 0 Å². The molecule has 1 aliphatic heterocycles. The fourth-order valence-electron chi connectivity index (χ4n) is 4.20. The second-order valence-electron chi connectivity index (χ2n) is 8.36. The first-order valence-electron chi connectivity index (χ1n) is 9.81. The molecule has 30 heavy (non-hydrogen) atoms. The van der Waals surface area contributed by atoms with Crippen molar-refractivity contribution in [3.05, 3.63) is 57.8 Å². The molecule has 0 saturated heterocycles. The van der Waals surface area contributed by atoms with E-state index in [4.69, 9.17) is 26.8 Å². The zero-order chi connectivity index (χ0) is 21.6. The van der Waals surface area contributed by atoms with E-state index in [1.54, 1.807) is 0 Å². The lowest BCUT2D eigenvalue weighted by molar-refractivity contribution is -0.119. The summed E-state index contributed by atoms with van der Waals surface area (Å²) in [7, 11) is 0. The third-order valence-corrected chi connectivity index (χ3v) is 5.77. The summed E-state index contributed by atoms with van der Waals surface area (Å²) < 4.78 is 11.3. The number of nitrogens with two attached hydrogens (primary N) is 1. The van der Waals surface area contributed by atoms with Crippen LogP contribution in [-0.2, 0) is 9.53 Å². The Morgan fingerprint density at radius 1 is 1.37 bits per heavy atom. The van der Waals surface area contributed by atoms with Gasteiger partial charge in [-0.2, -0.15) is 5.26 Å². The molecule has 1 aliphatic carbocycles. The van der Waals surface area contributed by atoms with E-state index < -0.39 is 5.92 Å². The highest BCUT2D eigenvalue weighted by atomic mass is 35.5. The minimum absolute atomic E-state index is 0.00554. The topological polar surface area (TPSA) is 98.2 Å². The van der Waals surface area contributed by atoms with Gasteiger partial charge in [-0.15, -0.1) is 0 Å². The summed E-state index contributed by atoms with van der Waals surface area (Å²) in [5.41, 5.74) is 7.71. The van der Waals surface area contributed by atoms with Crippen molar-refractivity contribution in [3.63, 3.8) is 0 Å². The summed E-state index contributed by atoms with van der Waals surface area (Å²) in [6.45, 7) is 6.46. The van der Waals surface area contributed by atoms with Gasteiger partial charge in [0.25, 0.3) is 0 Å². The maximum atomic E-state index is 13.1. The molecular formula is C23H22ClN3O3. The molecule has 0 spiro atoms. The number of aromatic nitrogens is 1. The standard InChI is InChI=1S/C23H22ClN3O3/c1-4-29-13-5-6-16-12(7-13)8-14(21(24)27-16)19-15(11-25)22(26)30-18-10-23(2,3)9-17(28)20(18)19/h5-8,19H,4,9-10,26H2,1-3H3/t19-/m1/s1. The molecule has 2 N–H and O–H groups in total. The molecule has 0 bridgehead atoms. The molecule has 2 aromatic rings. The van der Waals surface area contributed by atoms with Gasteiger partial charge in [-0.05, 0) is 36.6 Å². The van der Waals surface area contributed by atoms with Gasteiger partial charge < -0.3 is 15.2 Å². The van der Waals surface area contributed by atoms with Gasteiger partial charge in [0.05, 0.1) is 18.0 Å². The molecule has 0 radical (unpaired) electrons. The second kappa shape index (κ2) is 7.33. The van der Waals surface area contributed by atoms with Crippen LogP contribution in [0.15, 0.2) is 47.1 Å². The van der Waals surface area contributed by atoms with Crippen LogP contribution in [0.4, 0.5) is 0 Å². The Morgan fingerprint density at radius 2 is 2.13 bits per heavy atom. The molecule has 4 rings (SSSR count). The number of carbonyl (C=O) groups is 1. The normalized spacial score (nSPS) is 20.6. The van der Waals surface area contributed by atoms with Gasteiger partial charge in [0, 0.05) is 29.4 Å². The fourth-order valence-corrected chi connectivity index (χ4v) is 4.46. The fraction of sp³-hybridized carbons (Fsp3) is 0.348. The van der Waals surface area contributed by atoms with Crippen molar-refractivity contribution in [1.29, 1.82) is 5.26 Å². The molecule has 0 amide bonds. The smallest absolute Gasteiger partial charge is 0.205 e. The number of benzene rings is 1. The molecule has 0 saturated carbocycles. The highest BCUT2D eigenvalue weighted by Crippen LogP contribution is 2.49. The highest BCUT2D eigenvalue weighted by Gasteiger charge is 2.43. The number of Topliss-reactive ketones (excluding diaryl/α,β-unsaturated/α-hetero) is 1. The van der Waals surface area contributed by atoms with Crippen LogP contribution >= 0.6 is 11.6 Å². The van der Waals surface area contributed by atoms with Crippen LogP contribution in [0.1, 0.15) is 45.1 Å². The summed E-state index contributed by atoms with van der Waals surface area (Å²) in [5, 5.41) is 10.8. The number of nitriles is 1. The van der Waals surface area contributed by atoms with E-state index in [2.05, 4.69) is 11.1 Å². The van der Waals surface area contributed by atoms with E-state index in [0.717, 1.165) is 5.39 Å². The number of allylic oxidation sites excluding steroid dienone is 3. The Labute approximate surface area is 179 Å². The number of carbonyl (C=O) groups excluding carboxylic acids is 1. The van der Waals surface area contributed by atoms with Crippen molar-refractivity contribution in [3.8, 4) is 11.8 Å². The quantitative estimate of drug-likeness (QED) is 0.716. The maximum absolute atomic E-state index is 13.1. The molecule has 1 aromatic carbocycles. The summed E-state index contributed by atoms with van der Waals surface area (Å²) in [6, 6.07) is 9.49. The molecule has 1 aromatic heterocycles. The van der Waals surface area contributed by atoms with Crippen molar-refractivity contribution in [1.82, 2.24) is 4.98 Å². The van der Waals surface area contributed by atoms with Gasteiger partial charge in [-0.1, -0.05) is 25.4 Å². The van der Waals surface area contributed by atoms with Crippen molar-refractivity contribution >= 4 is 28.3 Å². The zero-order valence-electron chi connectivity index (χ0n) is 17.1. The molecule has 7 heteroatoms. The summed E-state index contributed by atoms with van der Waals surface area (Å²) >= 11 is 6.55. The first kappa shape index (κ1) is 20.2. The number of hydrogen-bond acceptors (Lipinski definition) is 6. The summed E-state index contributed by atoms with van der Waals surface area (Å²) in [5.74, 6) is 0.453.